The Labute approximate surface area is 185 Å². The zero-order valence-electron chi connectivity index (χ0n) is 17.7. The number of amides is 1. The van der Waals surface area contributed by atoms with Gasteiger partial charge in [-0.1, -0.05) is 18.2 Å². The first-order chi connectivity index (χ1) is 15.5. The predicted octanol–water partition coefficient (Wildman–Crippen LogP) is 1.10. The average molecular weight is 444 g/mol. The number of fused-ring (bicyclic) bond motifs is 3. The first-order valence-corrected chi connectivity index (χ1v) is 10.5. The second kappa shape index (κ2) is 11.4. The fraction of sp³-hybridized carbons (Fsp3) is 0.455. The van der Waals surface area contributed by atoms with Crippen LogP contribution in [0.3, 0.4) is 0 Å². The molecule has 2 fully saturated rings. The number of hydrogen-bond donors (Lipinski definition) is 3. The van der Waals surface area contributed by atoms with Gasteiger partial charge in [-0.25, -0.2) is 4.79 Å². The summed E-state index contributed by atoms with van der Waals surface area (Å²) in [6, 6.07) is 7.11. The van der Waals surface area contributed by atoms with E-state index in [2.05, 4.69) is 15.1 Å². The molecule has 2 aromatic rings. The van der Waals surface area contributed by atoms with Crippen molar-refractivity contribution in [3.8, 4) is 0 Å². The molecule has 2 aliphatic rings. The van der Waals surface area contributed by atoms with Crippen LogP contribution in [0.4, 0.5) is 0 Å². The number of carboxylic acid groups (broad SMARTS) is 2. The van der Waals surface area contributed by atoms with Crippen LogP contribution in [-0.4, -0.2) is 87.4 Å². The van der Waals surface area contributed by atoms with Gasteiger partial charge in [0.1, 0.15) is 0 Å². The minimum Gasteiger partial charge on any atom is -0.483 e. The molecule has 0 unspecified atom stereocenters. The summed E-state index contributed by atoms with van der Waals surface area (Å²) < 4.78 is 5.82. The summed E-state index contributed by atoms with van der Waals surface area (Å²) in [6.07, 6.45) is 4.68. The van der Waals surface area contributed by atoms with Crippen LogP contribution in [0, 0.1) is 5.92 Å². The van der Waals surface area contributed by atoms with E-state index in [1.54, 1.807) is 18.3 Å². The van der Waals surface area contributed by atoms with Gasteiger partial charge in [0.25, 0.3) is 6.47 Å². The van der Waals surface area contributed by atoms with Gasteiger partial charge in [0, 0.05) is 44.7 Å². The third-order valence-electron chi connectivity index (χ3n) is 5.69. The number of benzene rings is 1. The van der Waals surface area contributed by atoms with E-state index in [9.17, 15) is 14.7 Å². The van der Waals surface area contributed by atoms with Crippen molar-refractivity contribution < 1.29 is 29.3 Å². The average Bonchev–Trinajstić information content (AvgIpc) is 3.12. The van der Waals surface area contributed by atoms with Gasteiger partial charge in [-0.3, -0.25) is 19.6 Å². The lowest BCUT2D eigenvalue weighted by Crippen LogP contribution is -2.46. The van der Waals surface area contributed by atoms with E-state index in [0.29, 0.717) is 51.3 Å². The number of nitrogens with one attached hydrogen (secondary N) is 1. The summed E-state index contributed by atoms with van der Waals surface area (Å²) in [6.45, 7) is 3.61. The maximum Gasteiger partial charge on any atom is 0.336 e. The molecule has 172 valence electrons. The molecule has 3 N–H and O–H groups in total. The van der Waals surface area contributed by atoms with Crippen molar-refractivity contribution in [3.05, 3.63) is 53.3 Å². The number of carbonyl (C=O) groups excluding carboxylic acids is 1. The predicted molar refractivity (Wildman–Crippen MR) is 114 cm³/mol. The van der Waals surface area contributed by atoms with Crippen molar-refractivity contribution in [2.45, 2.75) is 25.4 Å². The van der Waals surface area contributed by atoms with Gasteiger partial charge in [-0.05, 0) is 23.6 Å². The van der Waals surface area contributed by atoms with Crippen LogP contribution >= 0.6 is 0 Å². The van der Waals surface area contributed by atoms with Crippen molar-refractivity contribution in [3.63, 3.8) is 0 Å². The van der Waals surface area contributed by atoms with E-state index in [1.165, 1.54) is 0 Å². The van der Waals surface area contributed by atoms with Crippen molar-refractivity contribution in [2.24, 2.45) is 5.92 Å². The molecule has 2 atom stereocenters. The van der Waals surface area contributed by atoms with E-state index >= 15 is 0 Å². The molecular formula is C22H28N4O6. The molecule has 2 bridgehead atoms. The molecule has 4 rings (SSSR count). The molecule has 1 aromatic heterocycles. The summed E-state index contributed by atoms with van der Waals surface area (Å²) in [4.78, 5) is 37.1. The van der Waals surface area contributed by atoms with Crippen molar-refractivity contribution >= 4 is 18.3 Å². The zero-order chi connectivity index (χ0) is 22.9. The Hall–Kier alpha value is -3.24. The highest BCUT2D eigenvalue weighted by Crippen LogP contribution is 2.23. The molecule has 0 radical (unpaired) electrons. The Bertz CT molecular complexity index is 904. The highest BCUT2D eigenvalue weighted by atomic mass is 16.5. The largest absolute Gasteiger partial charge is 0.483 e. The second-order valence-electron chi connectivity index (χ2n) is 7.97. The Kier molecular flexibility index (Phi) is 8.34. The lowest BCUT2D eigenvalue weighted by Gasteiger charge is -2.31. The number of nitrogens with zero attached hydrogens (tertiary/aromatic N) is 3. The molecule has 3 heterocycles. The van der Waals surface area contributed by atoms with E-state index < -0.39 is 5.97 Å². The molecule has 0 aliphatic carbocycles. The standard InChI is InChI=1S/C21H26N4O4.CH2O2/c26-20(6-5-15-7-22-23-8-15)25-10-16-9-24(12-18(25)14-29-13-16)11-17-3-1-2-4-19(17)21(27)28;2-1-3/h1-4,7-8,16,18H,5-6,9-14H2,(H,22,23)(H,27,28);1H,(H,2,3)/t16-,18-;/m0./s1. The van der Waals surface area contributed by atoms with Gasteiger partial charge >= 0.3 is 5.97 Å². The van der Waals surface area contributed by atoms with E-state index in [0.717, 1.165) is 17.7 Å². The topological polar surface area (TPSA) is 136 Å². The molecule has 32 heavy (non-hydrogen) atoms. The number of aromatic carboxylic acids is 1. The molecule has 0 spiro atoms. The smallest absolute Gasteiger partial charge is 0.336 e. The SMILES string of the molecule is O=C(O)c1ccccc1CN1C[C@@H]2COC[C@H](C1)N(C(=O)CCc1cn[nH]c1)C2.O=CO. The van der Waals surface area contributed by atoms with Crippen molar-refractivity contribution in [2.75, 3.05) is 32.8 Å². The maximum absolute atomic E-state index is 12.9. The van der Waals surface area contributed by atoms with Gasteiger partial charge in [-0.15, -0.1) is 0 Å². The van der Waals surface area contributed by atoms with E-state index in [1.807, 2.05) is 23.2 Å². The lowest BCUT2D eigenvalue weighted by atomic mass is 10.1. The minimum absolute atomic E-state index is 0.0173. The van der Waals surface area contributed by atoms with Crippen LogP contribution in [-0.2, 0) is 27.3 Å². The number of aryl methyl sites for hydroxylation is 1. The molecule has 10 heteroatoms. The molecule has 2 aliphatic heterocycles. The normalized spacial score (nSPS) is 20.6. The first-order valence-electron chi connectivity index (χ1n) is 10.5. The van der Waals surface area contributed by atoms with Crippen molar-refractivity contribution in [1.29, 1.82) is 0 Å². The van der Waals surface area contributed by atoms with Crippen LogP contribution in [0.2, 0.25) is 0 Å². The molecule has 1 amide bonds. The Morgan fingerprint density at radius 1 is 1.22 bits per heavy atom. The third-order valence-corrected chi connectivity index (χ3v) is 5.69. The highest BCUT2D eigenvalue weighted by Gasteiger charge is 2.35. The second-order valence-corrected chi connectivity index (χ2v) is 7.97. The molecule has 10 nitrogen and oxygen atoms in total. The number of carbonyl (C=O) groups is 3. The van der Waals surface area contributed by atoms with Crippen LogP contribution in [0.5, 0.6) is 0 Å². The Balaban J connectivity index is 0.000000913. The number of H-pyrrole nitrogens is 1. The van der Waals surface area contributed by atoms with Crippen LogP contribution in [0.1, 0.15) is 27.9 Å². The van der Waals surface area contributed by atoms with E-state index in [4.69, 9.17) is 14.6 Å². The maximum atomic E-state index is 12.9. The number of ether oxygens (including phenoxy) is 1. The summed E-state index contributed by atoms with van der Waals surface area (Å²) >= 11 is 0. The fourth-order valence-corrected chi connectivity index (χ4v) is 4.29. The van der Waals surface area contributed by atoms with Crippen LogP contribution in [0.15, 0.2) is 36.7 Å². The van der Waals surface area contributed by atoms with Gasteiger partial charge in [0.05, 0.1) is 31.0 Å². The summed E-state index contributed by atoms with van der Waals surface area (Å²) in [7, 11) is 0. The Morgan fingerprint density at radius 3 is 2.72 bits per heavy atom. The monoisotopic (exact) mass is 444 g/mol. The number of aromatic nitrogens is 2. The van der Waals surface area contributed by atoms with Gasteiger partial charge in [-0.2, -0.15) is 5.10 Å². The van der Waals surface area contributed by atoms with Gasteiger partial charge < -0.3 is 19.8 Å². The summed E-state index contributed by atoms with van der Waals surface area (Å²) in [5, 5.41) is 23.1. The van der Waals surface area contributed by atoms with Crippen LogP contribution < -0.4 is 0 Å². The van der Waals surface area contributed by atoms with Crippen molar-refractivity contribution in [1.82, 2.24) is 20.0 Å². The van der Waals surface area contributed by atoms with E-state index in [-0.39, 0.29) is 24.3 Å². The summed E-state index contributed by atoms with van der Waals surface area (Å²) in [5.74, 6) is -0.549. The zero-order valence-corrected chi connectivity index (χ0v) is 17.7. The number of aromatic amines is 1. The lowest BCUT2D eigenvalue weighted by molar-refractivity contribution is -0.134. The molecule has 0 saturated carbocycles. The van der Waals surface area contributed by atoms with Crippen LogP contribution in [0.25, 0.3) is 0 Å². The fourth-order valence-electron chi connectivity index (χ4n) is 4.29. The number of carboxylic acids is 1. The highest BCUT2D eigenvalue weighted by molar-refractivity contribution is 5.89. The van der Waals surface area contributed by atoms with Gasteiger partial charge in [0.15, 0.2) is 0 Å². The number of hydrogen-bond acceptors (Lipinski definition) is 6. The third kappa shape index (κ3) is 6.14. The summed E-state index contributed by atoms with van der Waals surface area (Å²) in [5.41, 5.74) is 2.17. The Morgan fingerprint density at radius 2 is 2.00 bits per heavy atom. The molecule has 2 saturated heterocycles. The quantitative estimate of drug-likeness (QED) is 0.564. The minimum atomic E-state index is -0.907. The number of rotatable bonds is 6. The van der Waals surface area contributed by atoms with Gasteiger partial charge in [0.2, 0.25) is 5.91 Å². The molecular weight excluding hydrogens is 416 g/mol. The molecule has 1 aromatic carbocycles. The first kappa shape index (κ1) is 23.4.